The largest absolute Gasteiger partial charge is 0.392 e. The number of nitrogens with zero attached hydrogens (tertiary/aromatic N) is 6. The van der Waals surface area contributed by atoms with Crippen molar-refractivity contribution in [3.05, 3.63) is 140 Å². The Hall–Kier alpha value is -8.11. The number of halogens is 1. The Bertz CT molecular complexity index is 3370. The zero-order valence-corrected chi connectivity index (χ0v) is 41.8. The van der Waals surface area contributed by atoms with Crippen LogP contribution in [-0.2, 0) is 37.5 Å². The standard InChI is InChI=1S/C55H57FN10O10/c1-62-31-36(38-4-3-7-44(40(38)32-67)65-16-14-34-26-35(33-8-9-33)27-41(56)49(34)54(65)73)28-43(53(62)72)60-46-12-10-37(29-59-46)64-19-17-63(18-20-64)21-23-76-25-24-75-22-15-57-48(69)30-58-42-6-2-5-39-50(42)55(74)66(52(39)71)45-11-13-47(68)61-51(45)70/h2-7,10,12,14,16,26-29,31,33,45,58,67H,8-9,11,13,15,17-25,30,32H2,1H3,(H,57,69)(H,59,60)(H,61,68,70). The summed E-state index contributed by atoms with van der Waals surface area (Å²) in [6, 6.07) is 19.4. The summed E-state index contributed by atoms with van der Waals surface area (Å²) >= 11 is 0. The van der Waals surface area contributed by atoms with Gasteiger partial charge in [0.25, 0.3) is 22.9 Å². The molecule has 6 aromatic rings. The molecule has 1 saturated carbocycles. The predicted molar refractivity (Wildman–Crippen MR) is 281 cm³/mol. The number of hydrogen-bond acceptors (Lipinski definition) is 15. The van der Waals surface area contributed by atoms with Gasteiger partial charge in [-0.25, -0.2) is 9.37 Å². The van der Waals surface area contributed by atoms with E-state index in [0.717, 1.165) is 61.7 Å². The van der Waals surface area contributed by atoms with Gasteiger partial charge in [0.2, 0.25) is 17.7 Å². The van der Waals surface area contributed by atoms with Gasteiger partial charge in [-0.15, -0.1) is 0 Å². The lowest BCUT2D eigenvalue weighted by Crippen LogP contribution is -2.54. The highest BCUT2D eigenvalue weighted by Crippen LogP contribution is 2.41. The number of carbonyl (C=O) groups is 5. The van der Waals surface area contributed by atoms with Crippen molar-refractivity contribution in [2.75, 3.05) is 87.8 Å². The number of aliphatic hydroxyl groups is 1. The molecule has 0 spiro atoms. The quantitative estimate of drug-likeness (QED) is 0.0540. The lowest BCUT2D eigenvalue weighted by Gasteiger charge is -2.35. The smallest absolute Gasteiger partial charge is 0.274 e. The second kappa shape index (κ2) is 22.4. The van der Waals surface area contributed by atoms with E-state index in [4.69, 9.17) is 9.47 Å². The summed E-state index contributed by atoms with van der Waals surface area (Å²) < 4.78 is 29.6. The molecule has 10 rings (SSSR count). The van der Waals surface area contributed by atoms with E-state index in [0.29, 0.717) is 59.3 Å². The van der Waals surface area contributed by atoms with Gasteiger partial charge in [0.1, 0.15) is 23.4 Å². The van der Waals surface area contributed by atoms with Crippen LogP contribution < -0.4 is 37.3 Å². The van der Waals surface area contributed by atoms with E-state index in [1.165, 1.54) is 21.3 Å². The number of benzene rings is 3. The van der Waals surface area contributed by atoms with Gasteiger partial charge in [0, 0.05) is 81.9 Å². The molecule has 394 valence electrons. The fourth-order valence-corrected chi connectivity index (χ4v) is 10.1. The van der Waals surface area contributed by atoms with Gasteiger partial charge < -0.3 is 40.0 Å². The Labute approximate surface area is 435 Å². The van der Waals surface area contributed by atoms with Crippen LogP contribution in [0.25, 0.3) is 27.6 Å². The van der Waals surface area contributed by atoms with Crippen LogP contribution in [0.4, 0.5) is 27.3 Å². The lowest BCUT2D eigenvalue weighted by atomic mass is 9.98. The number of imide groups is 2. The average molecular weight is 1040 g/mol. The molecular weight excluding hydrogens is 980 g/mol. The molecule has 0 radical (unpaired) electrons. The molecule has 76 heavy (non-hydrogen) atoms. The number of aromatic nitrogens is 3. The second-order valence-electron chi connectivity index (χ2n) is 19.2. The van der Waals surface area contributed by atoms with Crippen LogP contribution in [0, 0.1) is 5.82 Å². The number of piperazine rings is 1. The molecule has 3 aliphatic heterocycles. The second-order valence-corrected chi connectivity index (χ2v) is 19.2. The molecule has 5 amide bonds. The van der Waals surface area contributed by atoms with E-state index >= 15 is 4.39 Å². The first-order valence-corrected chi connectivity index (χ1v) is 25.4. The normalized spacial score (nSPS) is 16.8. The van der Waals surface area contributed by atoms with Crippen LogP contribution in [-0.4, -0.2) is 137 Å². The minimum atomic E-state index is -1.09. The van der Waals surface area contributed by atoms with E-state index < -0.39 is 47.7 Å². The van der Waals surface area contributed by atoms with Gasteiger partial charge in [-0.1, -0.05) is 24.3 Å². The highest BCUT2D eigenvalue weighted by Gasteiger charge is 2.45. The number of pyridine rings is 3. The van der Waals surface area contributed by atoms with Crippen LogP contribution in [0.1, 0.15) is 63.4 Å². The molecule has 3 aromatic carbocycles. The van der Waals surface area contributed by atoms with Crippen LogP contribution in [0.5, 0.6) is 0 Å². The van der Waals surface area contributed by atoms with E-state index in [9.17, 15) is 38.7 Å². The van der Waals surface area contributed by atoms with Gasteiger partial charge in [0.05, 0.1) is 73.7 Å². The topological polar surface area (TPSA) is 239 Å². The minimum Gasteiger partial charge on any atom is -0.392 e. The molecule has 1 aliphatic carbocycles. The van der Waals surface area contributed by atoms with Crippen LogP contribution in [0.15, 0.2) is 101 Å². The monoisotopic (exact) mass is 1040 g/mol. The summed E-state index contributed by atoms with van der Waals surface area (Å²) in [6.45, 7) is 5.12. The summed E-state index contributed by atoms with van der Waals surface area (Å²) in [4.78, 5) is 100. The lowest BCUT2D eigenvalue weighted by molar-refractivity contribution is -0.136. The first kappa shape index (κ1) is 51.4. The summed E-state index contributed by atoms with van der Waals surface area (Å²) in [7, 11) is 1.64. The molecule has 3 aromatic heterocycles. The van der Waals surface area contributed by atoms with E-state index in [1.54, 1.807) is 68.1 Å². The van der Waals surface area contributed by atoms with Crippen LogP contribution in [0.3, 0.4) is 0 Å². The van der Waals surface area contributed by atoms with Crippen molar-refractivity contribution in [1.82, 2.24) is 34.6 Å². The summed E-state index contributed by atoms with van der Waals surface area (Å²) in [5.41, 5.74) is 3.83. The van der Waals surface area contributed by atoms with Crippen molar-refractivity contribution < 1.29 is 42.9 Å². The van der Waals surface area contributed by atoms with Crippen molar-refractivity contribution in [3.8, 4) is 16.8 Å². The number of piperidine rings is 1. The fourth-order valence-electron chi connectivity index (χ4n) is 10.1. The molecule has 21 heteroatoms. The summed E-state index contributed by atoms with van der Waals surface area (Å²) in [5, 5.41) is 22.3. The number of aliphatic hydroxyl groups excluding tert-OH is 1. The van der Waals surface area contributed by atoms with Crippen molar-refractivity contribution in [2.24, 2.45) is 7.05 Å². The van der Waals surface area contributed by atoms with Gasteiger partial charge in [-0.3, -0.25) is 53.2 Å². The molecule has 2 saturated heterocycles. The molecule has 3 fully saturated rings. The molecule has 1 unspecified atom stereocenters. The van der Waals surface area contributed by atoms with Gasteiger partial charge in [-0.05, 0) is 90.2 Å². The van der Waals surface area contributed by atoms with Crippen molar-refractivity contribution in [1.29, 1.82) is 0 Å². The van der Waals surface area contributed by atoms with Crippen molar-refractivity contribution in [3.63, 3.8) is 0 Å². The van der Waals surface area contributed by atoms with Crippen molar-refractivity contribution in [2.45, 2.75) is 44.2 Å². The zero-order chi connectivity index (χ0) is 53.0. The minimum absolute atomic E-state index is 0.00623. The number of amides is 5. The highest BCUT2D eigenvalue weighted by atomic mass is 19.1. The highest BCUT2D eigenvalue weighted by molar-refractivity contribution is 6.25. The maximum atomic E-state index is 15.4. The van der Waals surface area contributed by atoms with Gasteiger partial charge >= 0.3 is 0 Å². The zero-order valence-electron chi connectivity index (χ0n) is 41.8. The summed E-state index contributed by atoms with van der Waals surface area (Å²) in [5.74, 6) is -2.56. The first-order valence-electron chi connectivity index (χ1n) is 25.4. The number of ether oxygens (including phenoxy) is 2. The number of anilines is 4. The third-order valence-electron chi connectivity index (χ3n) is 14.2. The van der Waals surface area contributed by atoms with Crippen LogP contribution >= 0.6 is 0 Å². The Kier molecular flexibility index (Phi) is 15.1. The third-order valence-corrected chi connectivity index (χ3v) is 14.2. The van der Waals surface area contributed by atoms with Gasteiger partial charge in [0.15, 0.2) is 0 Å². The molecule has 1 atom stereocenters. The van der Waals surface area contributed by atoms with Crippen molar-refractivity contribution >= 4 is 63.2 Å². The Balaban J connectivity index is 0.639. The average Bonchev–Trinajstić information content (AvgIpc) is 4.24. The molecule has 4 aliphatic rings. The fraction of sp³-hybridized carbons (Fsp3) is 0.345. The number of nitrogens with one attached hydrogen (secondary N) is 4. The Morgan fingerprint density at radius 3 is 2.37 bits per heavy atom. The van der Waals surface area contributed by atoms with Gasteiger partial charge in [-0.2, -0.15) is 0 Å². The Morgan fingerprint density at radius 1 is 0.842 bits per heavy atom. The Morgan fingerprint density at radius 2 is 1.62 bits per heavy atom. The van der Waals surface area contributed by atoms with E-state index in [-0.39, 0.29) is 71.9 Å². The molecular formula is C55H57FN10O10. The third kappa shape index (κ3) is 10.9. The van der Waals surface area contributed by atoms with E-state index in [2.05, 4.69) is 36.1 Å². The molecule has 6 heterocycles. The van der Waals surface area contributed by atoms with E-state index in [1.807, 2.05) is 18.2 Å². The number of carbonyl (C=O) groups excluding carboxylic acids is 5. The SMILES string of the molecule is Cn1cc(-c2cccc(-n3ccc4cc(C5CC5)cc(F)c4c3=O)c2CO)cc(Nc2ccc(N3CCN(CCOCCOCCNC(=O)CNc4cccc5c4C(=O)N(C4CCC(=O)NC4=O)C5=O)CC3)cn2)c1=O. The molecule has 0 bridgehead atoms. The predicted octanol–water partition coefficient (Wildman–Crippen LogP) is 3.79. The van der Waals surface area contributed by atoms with Crippen LogP contribution in [0.2, 0.25) is 0 Å². The number of fused-ring (bicyclic) bond motifs is 2. The number of aryl methyl sites for hydroxylation is 1. The first-order chi connectivity index (χ1) is 36.9. The maximum Gasteiger partial charge on any atom is 0.274 e. The number of hydrogen-bond donors (Lipinski definition) is 5. The molecule has 20 nitrogen and oxygen atoms in total. The molecule has 5 N–H and O–H groups in total. The maximum absolute atomic E-state index is 15.4. The summed E-state index contributed by atoms with van der Waals surface area (Å²) in [6.07, 6.45) is 7.13. The number of rotatable bonds is 20.